The van der Waals surface area contributed by atoms with Crippen LogP contribution in [0.2, 0.25) is 0 Å². The van der Waals surface area contributed by atoms with Crippen LogP contribution in [0.25, 0.3) is 0 Å². The first-order valence-corrected chi connectivity index (χ1v) is 6.56. The number of hydrogen-bond acceptors (Lipinski definition) is 3. The van der Waals surface area contributed by atoms with Crippen molar-refractivity contribution in [1.82, 2.24) is 10.3 Å². The van der Waals surface area contributed by atoms with Crippen LogP contribution in [0.5, 0.6) is 5.75 Å². The summed E-state index contributed by atoms with van der Waals surface area (Å²) in [5, 5.41) is 5.22. The quantitative estimate of drug-likeness (QED) is 0.889. The molecule has 2 aromatic rings. The first-order valence-electron chi connectivity index (χ1n) is 6.56. The summed E-state index contributed by atoms with van der Waals surface area (Å²) >= 11 is 0. The predicted molar refractivity (Wildman–Crippen MR) is 77.7 cm³/mol. The Morgan fingerprint density at radius 1 is 1.29 bits per heavy atom. The number of carbonyl (C=O) groups excluding carboxylic acids is 1. The number of carbonyl (C=O) groups is 1. The maximum Gasteiger partial charge on any atom is 0.320 e. The van der Waals surface area contributed by atoms with Gasteiger partial charge in [-0.25, -0.2) is 14.2 Å². The van der Waals surface area contributed by atoms with Crippen LogP contribution in [0.4, 0.5) is 15.0 Å². The Balaban J connectivity index is 2.02. The van der Waals surface area contributed by atoms with Crippen molar-refractivity contribution in [2.75, 3.05) is 11.9 Å². The van der Waals surface area contributed by atoms with Crippen molar-refractivity contribution >= 4 is 11.8 Å². The lowest BCUT2D eigenvalue weighted by Crippen LogP contribution is -2.28. The number of halogens is 1. The zero-order valence-electron chi connectivity index (χ0n) is 11.6. The Bertz CT molecular complexity index is 602. The van der Waals surface area contributed by atoms with E-state index >= 15 is 0 Å². The molecule has 0 radical (unpaired) electrons. The number of amides is 2. The minimum Gasteiger partial charge on any atom is -0.485 e. The SMILES string of the molecule is CCNC(=O)Nc1ncccc1OCc1ccc(F)cc1. The number of ether oxygens (including phenoxy) is 1. The fraction of sp³-hybridized carbons (Fsp3) is 0.200. The molecule has 0 aliphatic rings. The number of aromatic nitrogens is 1. The van der Waals surface area contributed by atoms with Gasteiger partial charge in [-0.2, -0.15) is 0 Å². The first kappa shape index (κ1) is 14.8. The largest absolute Gasteiger partial charge is 0.485 e. The summed E-state index contributed by atoms with van der Waals surface area (Å²) in [4.78, 5) is 15.6. The van der Waals surface area contributed by atoms with Crippen molar-refractivity contribution in [3.8, 4) is 5.75 Å². The number of pyridine rings is 1. The van der Waals surface area contributed by atoms with Gasteiger partial charge in [-0.1, -0.05) is 12.1 Å². The smallest absolute Gasteiger partial charge is 0.320 e. The third-order valence-electron chi connectivity index (χ3n) is 2.65. The fourth-order valence-electron chi connectivity index (χ4n) is 1.65. The van der Waals surface area contributed by atoms with Gasteiger partial charge in [0, 0.05) is 12.7 Å². The molecule has 2 rings (SSSR count). The standard InChI is InChI=1S/C15H16FN3O2/c1-2-17-15(20)19-14-13(4-3-9-18-14)21-10-11-5-7-12(16)8-6-11/h3-9H,2,10H2,1H3,(H2,17,18,19,20). The number of benzene rings is 1. The minimum absolute atomic E-state index is 0.260. The summed E-state index contributed by atoms with van der Waals surface area (Å²) < 4.78 is 18.4. The molecule has 2 amide bonds. The van der Waals surface area contributed by atoms with E-state index in [2.05, 4.69) is 15.6 Å². The number of nitrogens with zero attached hydrogens (tertiary/aromatic N) is 1. The van der Waals surface area contributed by atoms with E-state index in [0.29, 0.717) is 18.1 Å². The van der Waals surface area contributed by atoms with Gasteiger partial charge in [0.05, 0.1) is 0 Å². The van der Waals surface area contributed by atoms with E-state index < -0.39 is 0 Å². The van der Waals surface area contributed by atoms with Crippen LogP contribution in [0.3, 0.4) is 0 Å². The fourth-order valence-corrected chi connectivity index (χ4v) is 1.65. The monoisotopic (exact) mass is 289 g/mol. The molecule has 110 valence electrons. The zero-order chi connectivity index (χ0) is 15.1. The summed E-state index contributed by atoms with van der Waals surface area (Å²) in [6.07, 6.45) is 1.56. The van der Waals surface area contributed by atoms with Crippen LogP contribution < -0.4 is 15.4 Å². The van der Waals surface area contributed by atoms with E-state index in [-0.39, 0.29) is 18.5 Å². The van der Waals surface area contributed by atoms with Crippen LogP contribution >= 0.6 is 0 Å². The van der Waals surface area contributed by atoms with E-state index in [1.807, 2.05) is 6.92 Å². The molecule has 2 N–H and O–H groups in total. The maximum absolute atomic E-state index is 12.8. The lowest BCUT2D eigenvalue weighted by molar-refractivity contribution is 0.252. The second kappa shape index (κ2) is 7.23. The third-order valence-corrected chi connectivity index (χ3v) is 2.65. The average molecular weight is 289 g/mol. The number of anilines is 1. The van der Waals surface area contributed by atoms with E-state index in [9.17, 15) is 9.18 Å². The number of hydrogen-bond donors (Lipinski definition) is 2. The van der Waals surface area contributed by atoms with E-state index in [1.165, 1.54) is 12.1 Å². The van der Waals surface area contributed by atoms with Gasteiger partial charge in [-0.15, -0.1) is 0 Å². The molecule has 0 atom stereocenters. The second-order valence-electron chi connectivity index (χ2n) is 4.25. The van der Waals surface area contributed by atoms with Crippen molar-refractivity contribution in [1.29, 1.82) is 0 Å². The summed E-state index contributed by atoms with van der Waals surface area (Å²) in [6.45, 7) is 2.60. The lowest BCUT2D eigenvalue weighted by Gasteiger charge is -2.11. The molecule has 0 spiro atoms. The Morgan fingerprint density at radius 3 is 2.76 bits per heavy atom. The van der Waals surface area contributed by atoms with Gasteiger partial charge in [0.1, 0.15) is 12.4 Å². The van der Waals surface area contributed by atoms with Gasteiger partial charge >= 0.3 is 6.03 Å². The molecular formula is C15H16FN3O2. The summed E-state index contributed by atoms with van der Waals surface area (Å²) in [6, 6.07) is 9.10. The molecule has 0 aliphatic heterocycles. The summed E-state index contributed by atoms with van der Waals surface area (Å²) in [5.74, 6) is 0.498. The molecule has 1 aromatic heterocycles. The molecule has 1 aromatic carbocycles. The zero-order valence-corrected chi connectivity index (χ0v) is 11.6. The molecule has 1 heterocycles. The Kier molecular flexibility index (Phi) is 5.09. The van der Waals surface area contributed by atoms with Crippen molar-refractivity contribution in [3.63, 3.8) is 0 Å². The predicted octanol–water partition coefficient (Wildman–Crippen LogP) is 2.94. The highest BCUT2D eigenvalue weighted by atomic mass is 19.1. The molecule has 0 bridgehead atoms. The first-order chi connectivity index (χ1) is 10.2. The van der Waals surface area contributed by atoms with E-state index in [0.717, 1.165) is 5.56 Å². The molecule has 0 saturated heterocycles. The van der Waals surface area contributed by atoms with E-state index in [4.69, 9.17) is 4.74 Å². The van der Waals surface area contributed by atoms with Gasteiger partial charge in [0.15, 0.2) is 11.6 Å². The molecule has 0 aliphatic carbocycles. The molecule has 0 fully saturated rings. The van der Waals surface area contributed by atoms with E-state index in [1.54, 1.807) is 30.5 Å². The second-order valence-corrected chi connectivity index (χ2v) is 4.25. The highest BCUT2D eigenvalue weighted by Gasteiger charge is 2.08. The van der Waals surface area contributed by atoms with Crippen LogP contribution in [0, 0.1) is 5.82 Å². The normalized spacial score (nSPS) is 10.0. The van der Waals surface area contributed by atoms with Crippen LogP contribution in [0.1, 0.15) is 12.5 Å². The third kappa shape index (κ3) is 4.45. The minimum atomic E-state index is -0.345. The number of nitrogens with one attached hydrogen (secondary N) is 2. The molecule has 6 heteroatoms. The number of urea groups is 1. The Labute approximate surface area is 122 Å². The molecular weight excluding hydrogens is 273 g/mol. The topological polar surface area (TPSA) is 63.2 Å². The lowest BCUT2D eigenvalue weighted by atomic mass is 10.2. The Hall–Kier alpha value is -2.63. The van der Waals surface area contributed by atoms with Crippen molar-refractivity contribution in [2.45, 2.75) is 13.5 Å². The Morgan fingerprint density at radius 2 is 2.05 bits per heavy atom. The molecule has 5 nitrogen and oxygen atoms in total. The molecule has 0 saturated carbocycles. The van der Waals surface area contributed by atoms with Crippen LogP contribution in [0.15, 0.2) is 42.6 Å². The molecule has 21 heavy (non-hydrogen) atoms. The maximum atomic E-state index is 12.8. The highest BCUT2D eigenvalue weighted by molar-refractivity contribution is 5.89. The van der Waals surface area contributed by atoms with Crippen LogP contribution in [-0.4, -0.2) is 17.6 Å². The van der Waals surface area contributed by atoms with Crippen molar-refractivity contribution in [2.24, 2.45) is 0 Å². The summed E-state index contributed by atoms with van der Waals surface area (Å²) in [7, 11) is 0. The number of rotatable bonds is 5. The van der Waals surface area contributed by atoms with Crippen molar-refractivity contribution in [3.05, 3.63) is 54.0 Å². The van der Waals surface area contributed by atoms with Gasteiger partial charge in [0.25, 0.3) is 0 Å². The van der Waals surface area contributed by atoms with Crippen LogP contribution in [-0.2, 0) is 6.61 Å². The van der Waals surface area contributed by atoms with Gasteiger partial charge in [-0.3, -0.25) is 5.32 Å². The van der Waals surface area contributed by atoms with Gasteiger partial charge in [0.2, 0.25) is 0 Å². The van der Waals surface area contributed by atoms with Crippen molar-refractivity contribution < 1.29 is 13.9 Å². The average Bonchev–Trinajstić information content (AvgIpc) is 2.48. The highest BCUT2D eigenvalue weighted by Crippen LogP contribution is 2.22. The van der Waals surface area contributed by atoms with Gasteiger partial charge in [-0.05, 0) is 36.8 Å². The molecule has 0 unspecified atom stereocenters. The van der Waals surface area contributed by atoms with Gasteiger partial charge < -0.3 is 10.1 Å². The summed E-state index contributed by atoms with van der Waals surface area (Å²) in [5.41, 5.74) is 0.823.